The lowest BCUT2D eigenvalue weighted by atomic mass is 10.00. The average molecular weight is 805 g/mol. The van der Waals surface area contributed by atoms with E-state index in [-0.39, 0.29) is 69.2 Å². The number of benzene rings is 2. The minimum atomic E-state index is -3.65. The Morgan fingerprint density at radius 2 is 1.34 bits per heavy atom. The van der Waals surface area contributed by atoms with Gasteiger partial charge in [-0.25, -0.2) is 0 Å². The number of hydrogen-bond acceptors (Lipinski definition) is 13. The molecule has 2 aromatic rings. The largest absolute Gasteiger partial charge is 0.508 e. The maximum atomic E-state index is 14.3. The van der Waals surface area contributed by atoms with Crippen molar-refractivity contribution < 1.29 is 51.3 Å². The SMILES string of the molecule is CCOP(=O)(CN(Cc1ccccc1O)C[C@H](CCC(C)(C)[Si](C)(C)O)N(Cc1ccccc1OCOCCOC)CP(=O)(OCC)OCC)OCC. The topological polar surface area (TPSA) is 146 Å². The first-order valence-corrected chi connectivity index (χ1v) is 24.9. The molecule has 0 aliphatic heterocycles. The second-order valence-corrected chi connectivity index (χ2v) is 22.5. The molecule has 53 heavy (non-hydrogen) atoms. The molecule has 0 fully saturated rings. The fraction of sp³-hybridized carbons (Fsp3) is 0.676. The van der Waals surface area contributed by atoms with Crippen molar-refractivity contribution in [2.45, 2.75) is 91.6 Å². The maximum Gasteiger partial charge on any atom is 0.344 e. The fourth-order valence-corrected chi connectivity index (χ4v) is 9.95. The smallest absolute Gasteiger partial charge is 0.344 e. The standard InChI is InChI=1S/C37H66N2O11P2Si/c1-10-47-51(41,48-11-2)29-38(26-32-18-14-16-20-35(32)40)28-34(22-23-37(5,6)53(8,9)43)39(30-52(42,49-12-3)50-13-4)27-33-19-15-17-21-36(33)46-31-45-25-24-44-7/h14-21,34,40,43H,10-13,22-31H2,1-9H3/t34-/m0/s1. The van der Waals surface area contributed by atoms with Crippen molar-refractivity contribution in [2.75, 3.05) is 72.7 Å². The van der Waals surface area contributed by atoms with Crippen molar-refractivity contribution in [1.29, 1.82) is 0 Å². The Morgan fingerprint density at radius 1 is 0.792 bits per heavy atom. The Hall–Kier alpha value is -1.64. The van der Waals surface area contributed by atoms with Crippen LogP contribution in [-0.4, -0.2) is 107 Å². The lowest BCUT2D eigenvalue weighted by Crippen LogP contribution is -2.46. The maximum absolute atomic E-state index is 14.3. The van der Waals surface area contributed by atoms with Gasteiger partial charge in [-0.05, 0) is 70.8 Å². The zero-order chi connectivity index (χ0) is 39.5. The molecule has 0 bridgehead atoms. The van der Waals surface area contributed by atoms with Crippen molar-refractivity contribution in [3.63, 3.8) is 0 Å². The summed E-state index contributed by atoms with van der Waals surface area (Å²) in [5.41, 5.74) is 1.47. The van der Waals surface area contributed by atoms with Crippen molar-refractivity contribution >= 4 is 23.5 Å². The molecule has 1 atom stereocenters. The number of hydrogen-bond donors (Lipinski definition) is 2. The first kappa shape index (κ1) is 47.5. The molecule has 0 radical (unpaired) electrons. The predicted octanol–water partition coefficient (Wildman–Crippen LogP) is 8.27. The van der Waals surface area contributed by atoms with Gasteiger partial charge < -0.3 is 42.2 Å². The highest BCUT2D eigenvalue weighted by molar-refractivity contribution is 7.54. The summed E-state index contributed by atoms with van der Waals surface area (Å²) in [6, 6.07) is 14.3. The summed E-state index contributed by atoms with van der Waals surface area (Å²) in [5.74, 6) is 0.711. The third-order valence-corrected chi connectivity index (χ3v) is 16.9. The van der Waals surface area contributed by atoms with E-state index in [0.29, 0.717) is 50.5 Å². The van der Waals surface area contributed by atoms with Gasteiger partial charge in [0, 0.05) is 43.9 Å². The molecule has 0 saturated heterocycles. The molecule has 0 spiro atoms. The molecule has 0 aromatic heterocycles. The number of phenolic OH excluding ortho intramolecular Hbond substituents is 1. The van der Waals surface area contributed by atoms with E-state index < -0.39 is 23.5 Å². The third-order valence-electron chi connectivity index (χ3n) is 9.24. The predicted molar refractivity (Wildman–Crippen MR) is 212 cm³/mol. The lowest BCUT2D eigenvalue weighted by Gasteiger charge is -2.41. The number of aromatic hydroxyl groups is 1. The molecular weight excluding hydrogens is 738 g/mol. The van der Waals surface area contributed by atoms with Crippen LogP contribution in [0.5, 0.6) is 11.5 Å². The van der Waals surface area contributed by atoms with Gasteiger partial charge in [-0.15, -0.1) is 0 Å². The van der Waals surface area contributed by atoms with Gasteiger partial charge in [0.15, 0.2) is 15.1 Å². The van der Waals surface area contributed by atoms with Crippen molar-refractivity contribution in [2.24, 2.45) is 0 Å². The third kappa shape index (κ3) is 16.5. The molecule has 16 heteroatoms. The van der Waals surface area contributed by atoms with Crippen LogP contribution in [0.4, 0.5) is 0 Å². The van der Waals surface area contributed by atoms with Crippen LogP contribution >= 0.6 is 15.2 Å². The van der Waals surface area contributed by atoms with Gasteiger partial charge in [-0.2, -0.15) is 0 Å². The zero-order valence-electron chi connectivity index (χ0n) is 33.5. The van der Waals surface area contributed by atoms with Crippen LogP contribution in [0.1, 0.15) is 65.5 Å². The van der Waals surface area contributed by atoms with E-state index in [1.807, 2.05) is 54.4 Å². The summed E-state index contributed by atoms with van der Waals surface area (Å²) in [5, 5.41) is 10.4. The van der Waals surface area contributed by atoms with E-state index in [9.17, 15) is 19.0 Å². The van der Waals surface area contributed by atoms with Gasteiger partial charge in [0.1, 0.15) is 24.1 Å². The van der Waals surface area contributed by atoms with E-state index in [1.54, 1.807) is 46.9 Å². The van der Waals surface area contributed by atoms with E-state index >= 15 is 0 Å². The Labute approximate surface area is 319 Å². The summed E-state index contributed by atoms with van der Waals surface area (Å²) < 4.78 is 68.4. The molecule has 0 aliphatic rings. The summed E-state index contributed by atoms with van der Waals surface area (Å²) in [6.45, 7) is 17.6. The highest BCUT2D eigenvalue weighted by atomic mass is 31.2. The Morgan fingerprint density at radius 3 is 1.89 bits per heavy atom. The summed E-state index contributed by atoms with van der Waals surface area (Å²) in [4.78, 5) is 15.3. The molecule has 0 saturated carbocycles. The second-order valence-electron chi connectivity index (χ2n) is 14.0. The monoisotopic (exact) mass is 804 g/mol. The van der Waals surface area contributed by atoms with Crippen LogP contribution in [0.2, 0.25) is 18.1 Å². The van der Waals surface area contributed by atoms with Crippen LogP contribution in [0.25, 0.3) is 0 Å². The molecule has 0 heterocycles. The first-order chi connectivity index (χ1) is 25.1. The van der Waals surface area contributed by atoms with Crippen LogP contribution in [0.3, 0.4) is 0 Å². The first-order valence-electron chi connectivity index (χ1n) is 18.5. The summed E-state index contributed by atoms with van der Waals surface area (Å²) >= 11 is 0. The molecular formula is C37H66N2O11P2Si. The normalized spacial score (nSPS) is 13.6. The highest BCUT2D eigenvalue weighted by Gasteiger charge is 2.40. The zero-order valence-corrected chi connectivity index (χ0v) is 36.2. The number of para-hydroxylation sites is 2. The number of rotatable bonds is 29. The second kappa shape index (κ2) is 23.4. The van der Waals surface area contributed by atoms with Gasteiger partial charge in [0.05, 0.1) is 39.6 Å². The van der Waals surface area contributed by atoms with E-state index in [1.165, 1.54) is 0 Å². The van der Waals surface area contributed by atoms with E-state index in [4.69, 9.17) is 32.3 Å². The minimum absolute atomic E-state index is 0.0169. The van der Waals surface area contributed by atoms with Gasteiger partial charge in [0.2, 0.25) is 0 Å². The fourth-order valence-electron chi connectivity index (χ4n) is 5.67. The summed E-state index contributed by atoms with van der Waals surface area (Å²) in [6.07, 6.45) is 1.11. The van der Waals surface area contributed by atoms with Crippen molar-refractivity contribution in [3.8, 4) is 11.5 Å². The summed E-state index contributed by atoms with van der Waals surface area (Å²) in [7, 11) is -8.28. The van der Waals surface area contributed by atoms with Gasteiger partial charge in [-0.3, -0.25) is 18.9 Å². The lowest BCUT2D eigenvalue weighted by molar-refractivity contribution is -0.00927. The molecule has 2 rings (SSSR count). The number of phenols is 1. The van der Waals surface area contributed by atoms with Crippen molar-refractivity contribution in [1.82, 2.24) is 9.80 Å². The molecule has 2 aromatic carbocycles. The van der Waals surface area contributed by atoms with Crippen LogP contribution < -0.4 is 4.74 Å². The molecule has 0 amide bonds. The van der Waals surface area contributed by atoms with Crippen LogP contribution in [-0.2, 0) is 49.8 Å². The quantitative estimate of drug-likeness (QED) is 0.0353. The highest BCUT2D eigenvalue weighted by Crippen LogP contribution is 2.51. The van der Waals surface area contributed by atoms with Gasteiger partial charge in [0.25, 0.3) is 0 Å². The Balaban J connectivity index is 2.73. The molecule has 0 unspecified atom stereocenters. The number of methoxy groups -OCH3 is 1. The molecule has 13 nitrogen and oxygen atoms in total. The molecule has 304 valence electrons. The van der Waals surface area contributed by atoms with E-state index in [0.717, 1.165) is 5.56 Å². The Bertz CT molecular complexity index is 1410. The average Bonchev–Trinajstić information content (AvgIpc) is 3.07. The Kier molecular flexibility index (Phi) is 21.0. The minimum Gasteiger partial charge on any atom is -0.508 e. The van der Waals surface area contributed by atoms with Crippen molar-refractivity contribution in [3.05, 3.63) is 59.7 Å². The van der Waals surface area contributed by atoms with E-state index in [2.05, 4.69) is 18.7 Å². The molecule has 0 aliphatic carbocycles. The van der Waals surface area contributed by atoms with Gasteiger partial charge in [-0.1, -0.05) is 50.2 Å². The van der Waals surface area contributed by atoms with Gasteiger partial charge >= 0.3 is 15.2 Å². The van der Waals surface area contributed by atoms with Crippen LogP contribution in [0.15, 0.2) is 48.5 Å². The number of ether oxygens (including phenoxy) is 3. The number of nitrogens with zero attached hydrogens (tertiary/aromatic N) is 2. The molecule has 2 N–H and O–H groups in total. The van der Waals surface area contributed by atoms with Crippen LogP contribution in [0, 0.1) is 0 Å².